The molecule has 1 fully saturated rings. The van der Waals surface area contributed by atoms with Gasteiger partial charge in [-0.3, -0.25) is 4.99 Å². The van der Waals surface area contributed by atoms with Crippen LogP contribution in [0.4, 0.5) is 10.2 Å². The normalized spacial score (nSPS) is 23.9. The van der Waals surface area contributed by atoms with E-state index >= 15 is 4.39 Å². The highest BCUT2D eigenvalue weighted by Gasteiger charge is 2.32. The van der Waals surface area contributed by atoms with Gasteiger partial charge in [0.05, 0.1) is 17.5 Å². The summed E-state index contributed by atoms with van der Waals surface area (Å²) < 4.78 is 15.0. The van der Waals surface area contributed by atoms with Gasteiger partial charge in [0.15, 0.2) is 0 Å². The molecule has 0 radical (unpaired) electrons. The Bertz CT molecular complexity index is 1050. The molecule has 0 aromatic carbocycles. The van der Waals surface area contributed by atoms with Crippen LogP contribution in [0.15, 0.2) is 63.7 Å². The van der Waals surface area contributed by atoms with E-state index in [1.165, 1.54) is 41.5 Å². The van der Waals surface area contributed by atoms with E-state index in [9.17, 15) is 0 Å². The van der Waals surface area contributed by atoms with Crippen LogP contribution in [0.3, 0.4) is 0 Å². The van der Waals surface area contributed by atoms with Gasteiger partial charge in [0, 0.05) is 18.2 Å². The molecule has 0 bridgehead atoms. The lowest BCUT2D eigenvalue weighted by Gasteiger charge is -2.25. The van der Waals surface area contributed by atoms with Crippen molar-refractivity contribution < 1.29 is 4.39 Å². The Hall–Kier alpha value is -2.49. The second-order valence-corrected chi connectivity index (χ2v) is 9.55. The van der Waals surface area contributed by atoms with Gasteiger partial charge < -0.3 is 5.32 Å². The van der Waals surface area contributed by atoms with Gasteiger partial charge in [-0.2, -0.15) is 0 Å². The summed E-state index contributed by atoms with van der Waals surface area (Å²) in [5.41, 5.74) is 8.18. The summed E-state index contributed by atoms with van der Waals surface area (Å²) in [6.45, 7) is 3.93. The maximum Gasteiger partial charge on any atom is 0.129 e. The van der Waals surface area contributed by atoms with Gasteiger partial charge in [0.25, 0.3) is 0 Å². The maximum atomic E-state index is 15.0. The summed E-state index contributed by atoms with van der Waals surface area (Å²) in [7, 11) is 0. The third-order valence-corrected chi connectivity index (χ3v) is 7.26. The molecule has 0 spiro atoms. The average molecular weight is 432 g/mol. The molecule has 1 aromatic heterocycles. The van der Waals surface area contributed by atoms with E-state index in [0.29, 0.717) is 11.5 Å². The van der Waals surface area contributed by atoms with Gasteiger partial charge in [0.2, 0.25) is 0 Å². The number of pyridine rings is 1. The topological polar surface area (TPSA) is 37.3 Å². The fraction of sp³-hybridized carbons (Fsp3) is 0.500. The predicted octanol–water partition coefficient (Wildman–Crippen LogP) is 7.18. The number of aryl methyl sites for hydroxylation is 1. The van der Waals surface area contributed by atoms with Crippen LogP contribution in [-0.4, -0.2) is 16.7 Å². The Labute approximate surface area is 191 Å². The fourth-order valence-electron chi connectivity index (χ4n) is 5.45. The monoisotopic (exact) mass is 431 g/mol. The van der Waals surface area contributed by atoms with Gasteiger partial charge in [0.1, 0.15) is 11.6 Å². The number of aliphatic imine (C=N–C) groups is 1. The number of hydrogen-bond acceptors (Lipinski definition) is 3. The molecule has 2 heterocycles. The molecule has 0 amide bonds. The first kappa shape index (κ1) is 21.4. The second-order valence-electron chi connectivity index (χ2n) is 9.55. The largest absolute Gasteiger partial charge is 0.361 e. The summed E-state index contributed by atoms with van der Waals surface area (Å²) >= 11 is 0. The van der Waals surface area contributed by atoms with Gasteiger partial charge in [-0.05, 0) is 105 Å². The molecule has 32 heavy (non-hydrogen) atoms. The molecule has 1 unspecified atom stereocenters. The molecule has 5 rings (SSSR count). The van der Waals surface area contributed by atoms with Gasteiger partial charge >= 0.3 is 0 Å². The molecule has 1 aliphatic heterocycles. The Balaban J connectivity index is 1.44. The molecule has 1 saturated carbocycles. The summed E-state index contributed by atoms with van der Waals surface area (Å²) in [6.07, 6.45) is 18.8. The zero-order valence-electron chi connectivity index (χ0n) is 19.4. The number of allylic oxidation sites excluding steroid dienone is 7. The van der Waals surface area contributed by atoms with Crippen LogP contribution in [0.1, 0.15) is 76.3 Å². The minimum Gasteiger partial charge on any atom is -0.361 e. The van der Waals surface area contributed by atoms with E-state index in [-0.39, 0.29) is 11.9 Å². The van der Waals surface area contributed by atoms with Crippen molar-refractivity contribution in [3.05, 3.63) is 69.9 Å². The first-order valence-corrected chi connectivity index (χ1v) is 12.4. The third-order valence-electron chi connectivity index (χ3n) is 7.26. The molecule has 168 valence electrons. The second kappa shape index (κ2) is 9.17. The molecule has 3 nitrogen and oxygen atoms in total. The number of anilines is 1. The molecule has 0 saturated heterocycles. The van der Waals surface area contributed by atoms with Crippen LogP contribution in [0.5, 0.6) is 0 Å². The van der Waals surface area contributed by atoms with Crippen LogP contribution >= 0.6 is 0 Å². The first-order chi connectivity index (χ1) is 15.7. The van der Waals surface area contributed by atoms with E-state index in [1.807, 2.05) is 6.20 Å². The van der Waals surface area contributed by atoms with Crippen LogP contribution in [-0.2, 0) is 12.8 Å². The van der Waals surface area contributed by atoms with Crippen molar-refractivity contribution in [1.29, 1.82) is 0 Å². The zero-order valence-corrected chi connectivity index (χ0v) is 19.4. The molecular formula is C28H34FN3. The van der Waals surface area contributed by atoms with E-state index in [2.05, 4.69) is 35.4 Å². The molecule has 1 aromatic rings. The predicted molar refractivity (Wildman–Crippen MR) is 131 cm³/mol. The Kier molecular flexibility index (Phi) is 6.12. The molecule has 4 aliphatic rings. The number of halogens is 1. The lowest BCUT2D eigenvalue weighted by atomic mass is 9.90. The van der Waals surface area contributed by atoms with Gasteiger partial charge in [-0.15, -0.1) is 0 Å². The van der Waals surface area contributed by atoms with Gasteiger partial charge in [-0.25, -0.2) is 9.37 Å². The van der Waals surface area contributed by atoms with Crippen LogP contribution in [0.25, 0.3) is 0 Å². The Morgan fingerprint density at radius 1 is 1.19 bits per heavy atom. The van der Waals surface area contributed by atoms with Crippen molar-refractivity contribution in [2.45, 2.75) is 84.1 Å². The van der Waals surface area contributed by atoms with Crippen LogP contribution in [0, 0.1) is 5.92 Å². The van der Waals surface area contributed by atoms with E-state index in [4.69, 9.17) is 4.99 Å². The zero-order chi connectivity index (χ0) is 22.1. The maximum absolute atomic E-state index is 15.0. The van der Waals surface area contributed by atoms with Crippen molar-refractivity contribution in [2.75, 3.05) is 5.32 Å². The van der Waals surface area contributed by atoms with Crippen molar-refractivity contribution in [2.24, 2.45) is 10.9 Å². The smallest absolute Gasteiger partial charge is 0.129 e. The average Bonchev–Trinajstić information content (AvgIpc) is 3.36. The van der Waals surface area contributed by atoms with E-state index in [1.54, 1.807) is 13.0 Å². The van der Waals surface area contributed by atoms with E-state index < -0.39 is 0 Å². The van der Waals surface area contributed by atoms with E-state index in [0.717, 1.165) is 62.2 Å². The number of hydrogen-bond donors (Lipinski definition) is 1. The Morgan fingerprint density at radius 2 is 2.06 bits per heavy atom. The number of fused-ring (bicyclic) bond motifs is 1. The lowest BCUT2D eigenvalue weighted by Crippen LogP contribution is -2.25. The van der Waals surface area contributed by atoms with Gasteiger partial charge in [-0.1, -0.05) is 19.1 Å². The lowest BCUT2D eigenvalue weighted by molar-refractivity contribution is 0.617. The van der Waals surface area contributed by atoms with Crippen molar-refractivity contribution in [3.8, 4) is 0 Å². The minimum atomic E-state index is -0.154. The molecular weight excluding hydrogens is 397 g/mol. The third kappa shape index (κ3) is 4.24. The summed E-state index contributed by atoms with van der Waals surface area (Å²) in [5.74, 6) is 1.47. The number of aromatic nitrogens is 1. The molecule has 3 aliphatic carbocycles. The molecule has 1 N–H and O–H groups in total. The summed E-state index contributed by atoms with van der Waals surface area (Å²) in [5, 5.41) is 3.73. The number of nitrogens with one attached hydrogen (secondary N) is 1. The van der Waals surface area contributed by atoms with Crippen LogP contribution < -0.4 is 5.32 Å². The van der Waals surface area contributed by atoms with Crippen molar-refractivity contribution >= 4 is 11.5 Å². The number of nitrogens with zero attached hydrogens (tertiary/aromatic N) is 2. The van der Waals surface area contributed by atoms with Crippen molar-refractivity contribution in [1.82, 2.24) is 4.98 Å². The highest BCUT2D eigenvalue weighted by Crippen LogP contribution is 2.41. The summed E-state index contributed by atoms with van der Waals surface area (Å²) in [6, 6.07) is 2.32. The first-order valence-electron chi connectivity index (χ1n) is 12.4. The highest BCUT2D eigenvalue weighted by molar-refractivity contribution is 6.07. The summed E-state index contributed by atoms with van der Waals surface area (Å²) in [4.78, 5) is 9.74. The number of rotatable bonds is 7. The standard InChI is InChI=1S/C28H34FN3/c1-3-7-20(18-12-13-18)16-23(24(29)4-2)26-17-21-9-6-11-25(27(21)31-26)32-28-22-10-5-8-19(22)14-15-30-28/h4,7,14-16,18,25H,3,5-6,8-13,17H2,1-2H3,(H,30,32)/b20-7-,23-16+,24-4+. The highest BCUT2D eigenvalue weighted by atomic mass is 19.1. The fourth-order valence-corrected chi connectivity index (χ4v) is 5.45. The molecule has 1 atom stereocenters. The van der Waals surface area contributed by atoms with Crippen LogP contribution in [0.2, 0.25) is 0 Å². The Morgan fingerprint density at radius 3 is 2.84 bits per heavy atom. The SMILES string of the molecule is C\C=C(F)/C(=C\C(=C\CC)C1CC1)C1=NC2=C(CCCC2Nc2nccc3c2CCC3)C1. The van der Waals surface area contributed by atoms with Crippen molar-refractivity contribution in [3.63, 3.8) is 0 Å². The quantitative estimate of drug-likeness (QED) is 0.464. The minimum absolute atomic E-state index is 0.154. The molecule has 4 heteroatoms.